The molecule has 1 aromatic carbocycles. The molecule has 25 heavy (non-hydrogen) atoms. The molecular weight excluding hydrogens is 322 g/mol. The number of benzene rings is 1. The van der Waals surface area contributed by atoms with Gasteiger partial charge in [-0.2, -0.15) is 0 Å². The Hall–Kier alpha value is -3.16. The summed E-state index contributed by atoms with van der Waals surface area (Å²) < 4.78 is 0. The van der Waals surface area contributed by atoms with Crippen molar-refractivity contribution in [3.8, 4) is 0 Å². The normalized spacial score (nSPS) is 16.4. The lowest BCUT2D eigenvalue weighted by Gasteiger charge is -2.14. The van der Waals surface area contributed by atoms with E-state index in [0.29, 0.717) is 24.2 Å². The van der Waals surface area contributed by atoms with Crippen molar-refractivity contribution in [2.75, 3.05) is 11.9 Å². The number of hydrogen-bond acceptors (Lipinski definition) is 4. The highest BCUT2D eigenvalue weighted by Crippen LogP contribution is 2.19. The van der Waals surface area contributed by atoms with Gasteiger partial charge in [0.15, 0.2) is 0 Å². The molecule has 1 aliphatic heterocycles. The van der Waals surface area contributed by atoms with E-state index in [1.54, 1.807) is 36.8 Å². The highest BCUT2D eigenvalue weighted by atomic mass is 16.2. The topological polar surface area (TPSA) is 116 Å². The van der Waals surface area contributed by atoms with E-state index in [0.717, 1.165) is 5.69 Å². The number of nitrogens with one attached hydrogen (secondary N) is 4. The highest BCUT2D eigenvalue weighted by molar-refractivity contribution is 6.09. The van der Waals surface area contributed by atoms with E-state index >= 15 is 0 Å². The third kappa shape index (κ3) is 4.23. The van der Waals surface area contributed by atoms with Gasteiger partial charge in [-0.05, 0) is 18.6 Å². The number of para-hydroxylation sites is 1. The van der Waals surface area contributed by atoms with E-state index < -0.39 is 6.04 Å². The zero-order valence-corrected chi connectivity index (χ0v) is 13.5. The van der Waals surface area contributed by atoms with Crippen LogP contribution in [-0.2, 0) is 16.0 Å². The molecule has 0 spiro atoms. The van der Waals surface area contributed by atoms with Crippen LogP contribution in [0.5, 0.6) is 0 Å². The van der Waals surface area contributed by atoms with Crippen molar-refractivity contribution in [2.45, 2.75) is 25.3 Å². The fourth-order valence-electron chi connectivity index (χ4n) is 2.64. The number of hydrogen-bond donors (Lipinski definition) is 4. The van der Waals surface area contributed by atoms with Crippen molar-refractivity contribution in [3.63, 3.8) is 0 Å². The predicted molar refractivity (Wildman–Crippen MR) is 90.9 cm³/mol. The van der Waals surface area contributed by atoms with Crippen molar-refractivity contribution in [1.82, 2.24) is 20.6 Å². The van der Waals surface area contributed by atoms with Crippen LogP contribution in [0.15, 0.2) is 36.8 Å². The monoisotopic (exact) mass is 341 g/mol. The molecule has 0 saturated carbocycles. The first kappa shape index (κ1) is 16.7. The van der Waals surface area contributed by atoms with Gasteiger partial charge >= 0.3 is 0 Å². The van der Waals surface area contributed by atoms with Gasteiger partial charge in [0.2, 0.25) is 11.8 Å². The Kier molecular flexibility index (Phi) is 5.08. The van der Waals surface area contributed by atoms with Gasteiger partial charge in [-0.25, -0.2) is 4.98 Å². The summed E-state index contributed by atoms with van der Waals surface area (Å²) in [6, 6.07) is 6.07. The molecule has 3 amide bonds. The van der Waals surface area contributed by atoms with E-state index in [9.17, 15) is 14.4 Å². The number of H-pyrrole nitrogens is 1. The van der Waals surface area contributed by atoms with E-state index in [2.05, 4.69) is 25.9 Å². The standard InChI is InChI=1S/C17H19N5O3/c23-15(19-8-7-11-9-18-10-20-11)6-5-14-17(25)21-13-4-2-1-3-12(13)16(24)22-14/h1-4,9-10,14H,5-8H2,(H,18,20)(H,19,23)(H,21,25)(H,22,24). The van der Waals surface area contributed by atoms with Crippen molar-refractivity contribution in [2.24, 2.45) is 0 Å². The van der Waals surface area contributed by atoms with Crippen LogP contribution in [0.3, 0.4) is 0 Å². The molecule has 0 aliphatic carbocycles. The van der Waals surface area contributed by atoms with Crippen LogP contribution >= 0.6 is 0 Å². The lowest BCUT2D eigenvalue weighted by atomic mass is 10.1. The molecule has 8 nitrogen and oxygen atoms in total. The van der Waals surface area contributed by atoms with Gasteiger partial charge in [-0.3, -0.25) is 14.4 Å². The Balaban J connectivity index is 1.48. The number of fused-ring (bicyclic) bond motifs is 1. The minimum Gasteiger partial charge on any atom is -0.356 e. The van der Waals surface area contributed by atoms with Crippen molar-refractivity contribution in [1.29, 1.82) is 0 Å². The Bertz CT molecular complexity index is 772. The molecule has 1 atom stereocenters. The average Bonchev–Trinajstić information content (AvgIpc) is 3.08. The Labute approximate surface area is 144 Å². The third-order valence-corrected chi connectivity index (χ3v) is 3.98. The summed E-state index contributed by atoms with van der Waals surface area (Å²) in [7, 11) is 0. The van der Waals surface area contributed by atoms with Crippen molar-refractivity contribution >= 4 is 23.4 Å². The van der Waals surface area contributed by atoms with Crippen LogP contribution in [0.2, 0.25) is 0 Å². The maximum Gasteiger partial charge on any atom is 0.254 e. The number of carbonyl (C=O) groups excluding carboxylic acids is 3. The lowest BCUT2D eigenvalue weighted by Crippen LogP contribution is -2.42. The molecular formula is C17H19N5O3. The Morgan fingerprint density at radius 1 is 1.24 bits per heavy atom. The molecule has 8 heteroatoms. The fourth-order valence-corrected chi connectivity index (χ4v) is 2.64. The maximum atomic E-state index is 12.2. The summed E-state index contributed by atoms with van der Waals surface area (Å²) in [6.07, 6.45) is 4.33. The van der Waals surface area contributed by atoms with Crippen molar-refractivity contribution < 1.29 is 14.4 Å². The second-order valence-corrected chi connectivity index (χ2v) is 5.78. The smallest absolute Gasteiger partial charge is 0.254 e. The zero-order chi connectivity index (χ0) is 17.6. The second-order valence-electron chi connectivity index (χ2n) is 5.78. The lowest BCUT2D eigenvalue weighted by molar-refractivity contribution is -0.121. The molecule has 1 aromatic heterocycles. The van der Waals surface area contributed by atoms with Gasteiger partial charge in [0.1, 0.15) is 6.04 Å². The van der Waals surface area contributed by atoms with E-state index in [1.807, 2.05) is 0 Å². The summed E-state index contributed by atoms with van der Waals surface area (Å²) >= 11 is 0. The minimum absolute atomic E-state index is 0.150. The number of aromatic nitrogens is 2. The van der Waals surface area contributed by atoms with Gasteiger partial charge < -0.3 is 20.9 Å². The number of anilines is 1. The van der Waals surface area contributed by atoms with Crippen LogP contribution in [-0.4, -0.2) is 40.3 Å². The number of carbonyl (C=O) groups is 3. The minimum atomic E-state index is -0.738. The molecule has 2 aromatic rings. The summed E-state index contributed by atoms with van der Waals surface area (Å²) in [6.45, 7) is 0.482. The summed E-state index contributed by atoms with van der Waals surface area (Å²) in [4.78, 5) is 43.2. The molecule has 130 valence electrons. The van der Waals surface area contributed by atoms with Crippen LogP contribution in [0.25, 0.3) is 0 Å². The van der Waals surface area contributed by atoms with Gasteiger partial charge in [0.25, 0.3) is 5.91 Å². The fraction of sp³-hybridized carbons (Fsp3) is 0.294. The first-order valence-electron chi connectivity index (χ1n) is 8.08. The Morgan fingerprint density at radius 2 is 2.08 bits per heavy atom. The predicted octanol–water partition coefficient (Wildman–Crippen LogP) is 0.599. The van der Waals surface area contributed by atoms with Gasteiger partial charge in [-0.15, -0.1) is 0 Å². The molecule has 1 aliphatic rings. The second kappa shape index (κ2) is 7.61. The quantitative estimate of drug-likeness (QED) is 0.615. The van der Waals surface area contributed by atoms with Crippen molar-refractivity contribution in [3.05, 3.63) is 48.0 Å². The third-order valence-electron chi connectivity index (χ3n) is 3.98. The molecule has 0 radical (unpaired) electrons. The van der Waals surface area contributed by atoms with E-state index in [-0.39, 0.29) is 30.6 Å². The van der Waals surface area contributed by atoms with Crippen LogP contribution in [0, 0.1) is 0 Å². The van der Waals surface area contributed by atoms with Crippen LogP contribution in [0.1, 0.15) is 28.9 Å². The first-order valence-corrected chi connectivity index (χ1v) is 8.08. The number of nitrogens with zero attached hydrogens (tertiary/aromatic N) is 1. The first-order chi connectivity index (χ1) is 12.1. The van der Waals surface area contributed by atoms with Crippen LogP contribution in [0.4, 0.5) is 5.69 Å². The van der Waals surface area contributed by atoms with E-state index in [1.165, 1.54) is 0 Å². The summed E-state index contributed by atoms with van der Waals surface area (Å²) in [5.74, 6) is -0.800. The SMILES string of the molecule is O=C(CCC1NC(=O)c2ccccc2NC1=O)NCCc1cnc[nH]1. The molecule has 0 fully saturated rings. The molecule has 2 heterocycles. The number of imidazole rings is 1. The molecule has 0 bridgehead atoms. The zero-order valence-electron chi connectivity index (χ0n) is 13.5. The Morgan fingerprint density at radius 3 is 2.88 bits per heavy atom. The van der Waals surface area contributed by atoms with Gasteiger partial charge in [0.05, 0.1) is 17.6 Å². The molecule has 0 saturated heterocycles. The highest BCUT2D eigenvalue weighted by Gasteiger charge is 2.27. The average molecular weight is 341 g/mol. The number of rotatable bonds is 6. The summed E-state index contributed by atoms with van der Waals surface area (Å²) in [5, 5.41) is 8.19. The molecule has 4 N–H and O–H groups in total. The number of aromatic amines is 1. The van der Waals surface area contributed by atoms with Crippen LogP contribution < -0.4 is 16.0 Å². The molecule has 3 rings (SSSR count). The molecule has 1 unspecified atom stereocenters. The summed E-state index contributed by atoms with van der Waals surface area (Å²) in [5.41, 5.74) is 1.84. The number of amides is 3. The largest absolute Gasteiger partial charge is 0.356 e. The van der Waals surface area contributed by atoms with Gasteiger partial charge in [-0.1, -0.05) is 12.1 Å². The maximum absolute atomic E-state index is 12.2. The van der Waals surface area contributed by atoms with E-state index in [4.69, 9.17) is 0 Å². The van der Waals surface area contributed by atoms with Gasteiger partial charge in [0, 0.05) is 31.3 Å².